The molecule has 0 bridgehead atoms. The van der Waals surface area contributed by atoms with Gasteiger partial charge in [-0.3, -0.25) is 4.79 Å². The van der Waals surface area contributed by atoms with Crippen molar-refractivity contribution >= 4 is 23.2 Å². The number of para-hydroxylation sites is 1. The minimum atomic E-state index is -0.0908. The third kappa shape index (κ3) is 3.24. The molecular formula is C23H24N4O. The van der Waals surface area contributed by atoms with Crippen molar-refractivity contribution in [1.29, 1.82) is 0 Å². The molecule has 3 aromatic rings. The Morgan fingerprint density at radius 3 is 2.68 bits per heavy atom. The van der Waals surface area contributed by atoms with E-state index in [0.29, 0.717) is 11.6 Å². The van der Waals surface area contributed by atoms with Gasteiger partial charge in [0.05, 0.1) is 0 Å². The summed E-state index contributed by atoms with van der Waals surface area (Å²) in [6, 6.07) is 16.0. The number of anilines is 3. The first-order valence-corrected chi connectivity index (χ1v) is 9.54. The molecule has 1 atom stereocenters. The van der Waals surface area contributed by atoms with Crippen LogP contribution >= 0.6 is 0 Å². The normalized spacial score (nSPS) is 15.4. The van der Waals surface area contributed by atoms with Gasteiger partial charge in [0.15, 0.2) is 0 Å². The molecular weight excluding hydrogens is 348 g/mol. The van der Waals surface area contributed by atoms with Crippen molar-refractivity contribution in [1.82, 2.24) is 9.97 Å². The number of aromatic nitrogens is 2. The first-order chi connectivity index (χ1) is 13.4. The Morgan fingerprint density at radius 2 is 1.86 bits per heavy atom. The number of hydrogen-bond acceptors (Lipinski definition) is 4. The van der Waals surface area contributed by atoms with Crippen LogP contribution in [-0.4, -0.2) is 21.9 Å². The van der Waals surface area contributed by atoms with Crippen molar-refractivity contribution in [3.05, 3.63) is 76.6 Å². The summed E-state index contributed by atoms with van der Waals surface area (Å²) in [6.45, 7) is 8.08. The highest BCUT2D eigenvalue weighted by Crippen LogP contribution is 2.33. The standard InChI is InChI=1S/C23H24N4O/c1-14-8-7-10-19(17(14)4)25-23-24-15(2)12-20(26-23)22(28)27-16(3)13-18-9-5-6-11-21(18)27/h5-12,16H,13H2,1-4H3,(H,24,25,26). The fraction of sp³-hybridized carbons (Fsp3) is 0.261. The van der Waals surface area contributed by atoms with Gasteiger partial charge in [-0.05, 0) is 69.0 Å². The summed E-state index contributed by atoms with van der Waals surface area (Å²) in [5.74, 6) is 0.351. The quantitative estimate of drug-likeness (QED) is 0.722. The van der Waals surface area contributed by atoms with Gasteiger partial charge in [0.1, 0.15) is 5.69 Å². The number of nitrogens with zero attached hydrogens (tertiary/aromatic N) is 3. The van der Waals surface area contributed by atoms with Crippen LogP contribution in [0.3, 0.4) is 0 Å². The highest BCUT2D eigenvalue weighted by Gasteiger charge is 2.32. The SMILES string of the molecule is Cc1cc(C(=O)N2c3ccccc3CC2C)nc(Nc2cccc(C)c2C)n1. The Balaban J connectivity index is 1.68. The fourth-order valence-corrected chi connectivity index (χ4v) is 3.74. The van der Waals surface area contributed by atoms with Gasteiger partial charge in [-0.25, -0.2) is 9.97 Å². The minimum absolute atomic E-state index is 0.0908. The molecule has 1 aliphatic heterocycles. The molecule has 1 aliphatic rings. The molecule has 0 radical (unpaired) electrons. The maximum Gasteiger partial charge on any atom is 0.277 e. The topological polar surface area (TPSA) is 58.1 Å². The molecule has 142 valence electrons. The Kier molecular flexibility index (Phi) is 4.59. The van der Waals surface area contributed by atoms with Crippen LogP contribution in [0.1, 0.15) is 39.8 Å². The molecule has 5 heteroatoms. The number of aryl methyl sites for hydroxylation is 2. The number of carbonyl (C=O) groups excluding carboxylic acids is 1. The van der Waals surface area contributed by atoms with E-state index in [9.17, 15) is 4.79 Å². The summed E-state index contributed by atoms with van der Waals surface area (Å²) < 4.78 is 0. The van der Waals surface area contributed by atoms with Crippen LogP contribution in [0.4, 0.5) is 17.3 Å². The van der Waals surface area contributed by atoms with E-state index < -0.39 is 0 Å². The molecule has 0 spiro atoms. The number of carbonyl (C=O) groups is 1. The predicted octanol–water partition coefficient (Wildman–Crippen LogP) is 4.74. The van der Waals surface area contributed by atoms with E-state index >= 15 is 0 Å². The molecule has 1 N–H and O–H groups in total. The predicted molar refractivity (Wildman–Crippen MR) is 112 cm³/mol. The molecule has 28 heavy (non-hydrogen) atoms. The Labute approximate surface area is 165 Å². The summed E-state index contributed by atoms with van der Waals surface area (Å²) >= 11 is 0. The lowest BCUT2D eigenvalue weighted by molar-refractivity contribution is 0.0976. The van der Waals surface area contributed by atoms with E-state index in [-0.39, 0.29) is 11.9 Å². The van der Waals surface area contributed by atoms with E-state index in [1.807, 2.05) is 42.2 Å². The highest BCUT2D eigenvalue weighted by molar-refractivity contribution is 6.06. The molecule has 1 unspecified atom stereocenters. The first kappa shape index (κ1) is 18.2. The largest absolute Gasteiger partial charge is 0.324 e. The van der Waals surface area contributed by atoms with Crippen molar-refractivity contribution in [2.45, 2.75) is 40.2 Å². The molecule has 0 saturated heterocycles. The van der Waals surface area contributed by atoms with E-state index in [1.54, 1.807) is 6.07 Å². The van der Waals surface area contributed by atoms with Gasteiger partial charge in [0.25, 0.3) is 5.91 Å². The van der Waals surface area contributed by atoms with Gasteiger partial charge >= 0.3 is 0 Å². The summed E-state index contributed by atoms with van der Waals surface area (Å²) in [6.07, 6.45) is 0.861. The smallest absolute Gasteiger partial charge is 0.277 e. The highest BCUT2D eigenvalue weighted by atomic mass is 16.2. The second-order valence-electron chi connectivity index (χ2n) is 7.45. The first-order valence-electron chi connectivity index (χ1n) is 9.54. The van der Waals surface area contributed by atoms with Crippen molar-refractivity contribution < 1.29 is 4.79 Å². The van der Waals surface area contributed by atoms with E-state index in [1.165, 1.54) is 11.1 Å². The number of hydrogen-bond donors (Lipinski definition) is 1. The zero-order valence-corrected chi connectivity index (χ0v) is 16.7. The van der Waals surface area contributed by atoms with E-state index in [0.717, 1.165) is 29.1 Å². The van der Waals surface area contributed by atoms with Gasteiger partial charge in [-0.1, -0.05) is 30.3 Å². The molecule has 2 aromatic carbocycles. The van der Waals surface area contributed by atoms with Crippen LogP contribution in [0, 0.1) is 20.8 Å². The monoisotopic (exact) mass is 372 g/mol. The Hall–Kier alpha value is -3.21. The zero-order valence-electron chi connectivity index (χ0n) is 16.7. The van der Waals surface area contributed by atoms with Gasteiger partial charge in [0.2, 0.25) is 5.95 Å². The number of amides is 1. The summed E-state index contributed by atoms with van der Waals surface area (Å²) in [5.41, 5.74) is 6.61. The van der Waals surface area contributed by atoms with Crippen LogP contribution in [0.25, 0.3) is 0 Å². The van der Waals surface area contributed by atoms with Gasteiger partial charge in [-0.15, -0.1) is 0 Å². The molecule has 0 aliphatic carbocycles. The summed E-state index contributed by atoms with van der Waals surface area (Å²) in [7, 11) is 0. The maximum atomic E-state index is 13.3. The maximum absolute atomic E-state index is 13.3. The summed E-state index contributed by atoms with van der Waals surface area (Å²) in [5, 5.41) is 3.28. The average Bonchev–Trinajstić information content (AvgIpc) is 3.00. The molecule has 4 rings (SSSR count). The van der Waals surface area contributed by atoms with Gasteiger partial charge < -0.3 is 10.2 Å². The number of fused-ring (bicyclic) bond motifs is 1. The zero-order chi connectivity index (χ0) is 19.8. The molecule has 0 saturated carbocycles. The summed E-state index contributed by atoms with van der Waals surface area (Å²) in [4.78, 5) is 24.2. The van der Waals surface area contributed by atoms with Crippen molar-refractivity contribution in [3.63, 3.8) is 0 Å². The minimum Gasteiger partial charge on any atom is -0.324 e. The van der Waals surface area contributed by atoms with E-state index in [2.05, 4.69) is 48.2 Å². The number of benzene rings is 2. The molecule has 1 amide bonds. The number of nitrogens with one attached hydrogen (secondary N) is 1. The molecule has 5 nitrogen and oxygen atoms in total. The lowest BCUT2D eigenvalue weighted by Crippen LogP contribution is -2.36. The second kappa shape index (κ2) is 7.08. The van der Waals surface area contributed by atoms with Crippen LogP contribution in [0.2, 0.25) is 0 Å². The Bertz CT molecular complexity index is 1060. The van der Waals surface area contributed by atoms with Crippen LogP contribution < -0.4 is 10.2 Å². The molecule has 2 heterocycles. The van der Waals surface area contributed by atoms with Gasteiger partial charge in [-0.2, -0.15) is 0 Å². The molecule has 1 aromatic heterocycles. The van der Waals surface area contributed by atoms with Crippen molar-refractivity contribution in [3.8, 4) is 0 Å². The fourth-order valence-electron chi connectivity index (χ4n) is 3.74. The lowest BCUT2D eigenvalue weighted by Gasteiger charge is -2.22. The third-order valence-electron chi connectivity index (χ3n) is 5.35. The average molecular weight is 372 g/mol. The van der Waals surface area contributed by atoms with Crippen LogP contribution in [-0.2, 0) is 6.42 Å². The van der Waals surface area contributed by atoms with Gasteiger partial charge in [0, 0.05) is 23.1 Å². The van der Waals surface area contributed by atoms with E-state index in [4.69, 9.17) is 0 Å². The number of rotatable bonds is 3. The second-order valence-corrected chi connectivity index (χ2v) is 7.45. The van der Waals surface area contributed by atoms with Crippen molar-refractivity contribution in [2.75, 3.05) is 10.2 Å². The lowest BCUT2D eigenvalue weighted by atomic mass is 10.1. The third-order valence-corrected chi connectivity index (χ3v) is 5.35. The van der Waals surface area contributed by atoms with Crippen molar-refractivity contribution in [2.24, 2.45) is 0 Å². The Morgan fingerprint density at radius 1 is 1.07 bits per heavy atom. The van der Waals surface area contributed by atoms with Crippen LogP contribution in [0.5, 0.6) is 0 Å². The molecule has 0 fully saturated rings. The van der Waals surface area contributed by atoms with Crippen LogP contribution in [0.15, 0.2) is 48.5 Å².